The fraction of sp³-hybridized carbons (Fsp3) is 0.750. The molecule has 0 aliphatic heterocycles. The number of hydrogen-bond donors (Lipinski definition) is 0. The summed E-state index contributed by atoms with van der Waals surface area (Å²) in [6.07, 6.45) is 5.39. The molecule has 1 rings (SSSR count). The van der Waals surface area contributed by atoms with Crippen LogP contribution in [0.1, 0.15) is 45.6 Å². The highest BCUT2D eigenvalue weighted by Crippen LogP contribution is 2.20. The molecule has 0 unspecified atom stereocenters. The van der Waals surface area contributed by atoms with Gasteiger partial charge in [0.05, 0.1) is 0 Å². The van der Waals surface area contributed by atoms with E-state index in [1.165, 1.54) is 17.9 Å². The smallest absolute Gasteiger partial charge is 0.109 e. The Hall–Kier alpha value is -0.790. The lowest BCUT2D eigenvalue weighted by molar-refractivity contribution is 0.395. The lowest BCUT2D eigenvalue weighted by atomic mass is 9.92. The molecule has 0 fully saturated rings. The van der Waals surface area contributed by atoms with Crippen LogP contribution in [0.2, 0.25) is 0 Å². The van der Waals surface area contributed by atoms with Gasteiger partial charge < -0.3 is 4.57 Å². The van der Waals surface area contributed by atoms with Crippen LogP contribution in [-0.2, 0) is 19.9 Å². The van der Waals surface area contributed by atoms with E-state index < -0.39 is 0 Å². The molecule has 14 heavy (non-hydrogen) atoms. The van der Waals surface area contributed by atoms with Crippen molar-refractivity contribution in [2.45, 2.75) is 47.0 Å². The fourth-order valence-electron chi connectivity index (χ4n) is 1.61. The highest BCUT2D eigenvalue weighted by molar-refractivity contribution is 5.06. The van der Waals surface area contributed by atoms with E-state index in [2.05, 4.69) is 44.3 Å². The minimum atomic E-state index is 0.322. The molecule has 1 aromatic rings. The van der Waals surface area contributed by atoms with Gasteiger partial charge in [-0.2, -0.15) is 0 Å². The van der Waals surface area contributed by atoms with Crippen molar-refractivity contribution in [3.05, 3.63) is 17.7 Å². The zero-order chi connectivity index (χ0) is 10.8. The van der Waals surface area contributed by atoms with Gasteiger partial charge >= 0.3 is 0 Å². The van der Waals surface area contributed by atoms with Crippen molar-refractivity contribution in [1.29, 1.82) is 0 Å². The third-order valence-electron chi connectivity index (χ3n) is 2.38. The molecule has 0 spiro atoms. The van der Waals surface area contributed by atoms with Crippen LogP contribution in [0.15, 0.2) is 6.20 Å². The average Bonchev–Trinajstić information content (AvgIpc) is 2.34. The van der Waals surface area contributed by atoms with Crippen molar-refractivity contribution in [3.8, 4) is 0 Å². The summed E-state index contributed by atoms with van der Waals surface area (Å²) in [7, 11) is 2.12. The van der Waals surface area contributed by atoms with Crippen LogP contribution in [0.5, 0.6) is 0 Å². The van der Waals surface area contributed by atoms with Crippen LogP contribution in [0.3, 0.4) is 0 Å². The topological polar surface area (TPSA) is 17.8 Å². The predicted molar refractivity (Wildman–Crippen MR) is 60.4 cm³/mol. The van der Waals surface area contributed by atoms with Crippen LogP contribution < -0.4 is 0 Å². The van der Waals surface area contributed by atoms with Crippen molar-refractivity contribution < 1.29 is 0 Å². The van der Waals surface area contributed by atoms with Crippen molar-refractivity contribution in [1.82, 2.24) is 9.55 Å². The third kappa shape index (κ3) is 2.86. The maximum absolute atomic E-state index is 4.48. The van der Waals surface area contributed by atoms with Gasteiger partial charge in [0.15, 0.2) is 0 Å². The van der Waals surface area contributed by atoms with Gasteiger partial charge in [-0.15, -0.1) is 0 Å². The normalized spacial score (nSPS) is 12.1. The Labute approximate surface area is 87.4 Å². The number of aromatic nitrogens is 2. The Morgan fingerprint density at radius 3 is 2.50 bits per heavy atom. The molecule has 80 valence electrons. The lowest BCUT2D eigenvalue weighted by Gasteiger charge is -2.17. The van der Waals surface area contributed by atoms with Gasteiger partial charge in [-0.3, -0.25) is 0 Å². The number of rotatable bonds is 3. The van der Waals surface area contributed by atoms with Gasteiger partial charge in [-0.25, -0.2) is 4.98 Å². The SMILES string of the molecule is CCCc1cnc(CC(C)(C)C)n1C. The van der Waals surface area contributed by atoms with Crippen molar-refractivity contribution in [3.63, 3.8) is 0 Å². The van der Waals surface area contributed by atoms with Crippen LogP contribution in [0.25, 0.3) is 0 Å². The van der Waals surface area contributed by atoms with Crippen LogP contribution >= 0.6 is 0 Å². The van der Waals surface area contributed by atoms with E-state index >= 15 is 0 Å². The molecule has 0 amide bonds. The van der Waals surface area contributed by atoms with E-state index in [9.17, 15) is 0 Å². The van der Waals surface area contributed by atoms with Crippen LogP contribution in [0, 0.1) is 5.41 Å². The Kier molecular flexibility index (Phi) is 3.35. The molecular formula is C12H22N2. The summed E-state index contributed by atoms with van der Waals surface area (Å²) in [4.78, 5) is 4.48. The van der Waals surface area contributed by atoms with E-state index in [0.29, 0.717) is 5.41 Å². The molecule has 2 heteroatoms. The maximum atomic E-state index is 4.48. The molecule has 0 saturated carbocycles. The van der Waals surface area contributed by atoms with E-state index in [1.807, 2.05) is 6.20 Å². The zero-order valence-corrected chi connectivity index (χ0v) is 10.1. The zero-order valence-electron chi connectivity index (χ0n) is 10.1. The lowest BCUT2D eigenvalue weighted by Crippen LogP contribution is -2.13. The molecule has 1 heterocycles. The molecule has 0 aliphatic carbocycles. The molecule has 0 bridgehead atoms. The minimum Gasteiger partial charge on any atom is -0.335 e. The third-order valence-corrected chi connectivity index (χ3v) is 2.38. The summed E-state index contributed by atoms with van der Waals surface area (Å²) in [5.74, 6) is 1.21. The quantitative estimate of drug-likeness (QED) is 0.723. The van der Waals surface area contributed by atoms with Crippen molar-refractivity contribution in [2.75, 3.05) is 0 Å². The first-order valence-electron chi connectivity index (χ1n) is 5.43. The second-order valence-corrected chi connectivity index (χ2v) is 5.21. The predicted octanol–water partition coefficient (Wildman–Crippen LogP) is 2.96. The molecular weight excluding hydrogens is 172 g/mol. The number of imidazole rings is 1. The fourth-order valence-corrected chi connectivity index (χ4v) is 1.61. The largest absolute Gasteiger partial charge is 0.335 e. The minimum absolute atomic E-state index is 0.322. The van der Waals surface area contributed by atoms with Gasteiger partial charge in [0.1, 0.15) is 5.82 Å². The summed E-state index contributed by atoms with van der Waals surface area (Å²) in [6, 6.07) is 0. The highest BCUT2D eigenvalue weighted by Gasteiger charge is 2.15. The number of aryl methyl sites for hydroxylation is 1. The first-order valence-corrected chi connectivity index (χ1v) is 5.43. The van der Waals surface area contributed by atoms with Gasteiger partial charge in [0.25, 0.3) is 0 Å². The molecule has 0 saturated heterocycles. The van der Waals surface area contributed by atoms with Crippen LogP contribution in [0.4, 0.5) is 0 Å². The Morgan fingerprint density at radius 2 is 2.00 bits per heavy atom. The second-order valence-electron chi connectivity index (χ2n) is 5.21. The van der Waals surface area contributed by atoms with Crippen molar-refractivity contribution in [2.24, 2.45) is 12.5 Å². The van der Waals surface area contributed by atoms with E-state index in [1.54, 1.807) is 0 Å². The van der Waals surface area contributed by atoms with Crippen molar-refractivity contribution >= 4 is 0 Å². The number of nitrogens with zero attached hydrogens (tertiary/aromatic N) is 2. The Morgan fingerprint density at radius 1 is 1.36 bits per heavy atom. The van der Waals surface area contributed by atoms with Gasteiger partial charge in [0.2, 0.25) is 0 Å². The average molecular weight is 194 g/mol. The number of hydrogen-bond acceptors (Lipinski definition) is 1. The standard InChI is InChI=1S/C12H22N2/c1-6-7-10-9-13-11(14(10)5)8-12(2,3)4/h9H,6-8H2,1-5H3. The molecule has 0 aliphatic rings. The van der Waals surface area contributed by atoms with Gasteiger partial charge in [-0.1, -0.05) is 34.1 Å². The summed E-state index contributed by atoms with van der Waals surface area (Å²) in [5, 5.41) is 0. The molecule has 1 aromatic heterocycles. The first kappa shape index (κ1) is 11.3. The maximum Gasteiger partial charge on any atom is 0.109 e. The molecule has 2 nitrogen and oxygen atoms in total. The van der Waals surface area contributed by atoms with Gasteiger partial charge in [0, 0.05) is 25.4 Å². The van der Waals surface area contributed by atoms with Gasteiger partial charge in [-0.05, 0) is 11.8 Å². The summed E-state index contributed by atoms with van der Waals surface area (Å²) in [6.45, 7) is 8.96. The Bertz CT molecular complexity index is 292. The molecule has 0 atom stereocenters. The summed E-state index contributed by atoms with van der Waals surface area (Å²) >= 11 is 0. The summed E-state index contributed by atoms with van der Waals surface area (Å²) in [5.41, 5.74) is 1.68. The highest BCUT2D eigenvalue weighted by atomic mass is 15.1. The van der Waals surface area contributed by atoms with Crippen LogP contribution in [-0.4, -0.2) is 9.55 Å². The van der Waals surface area contributed by atoms with E-state index in [-0.39, 0.29) is 0 Å². The van der Waals surface area contributed by atoms with E-state index in [0.717, 1.165) is 12.8 Å². The molecule has 0 aromatic carbocycles. The molecule has 0 N–H and O–H groups in total. The second kappa shape index (κ2) is 4.16. The first-order chi connectivity index (χ1) is 6.44. The Balaban J connectivity index is 2.79. The summed E-state index contributed by atoms with van der Waals surface area (Å²) < 4.78 is 2.24. The molecule has 0 radical (unpaired) electrons. The van der Waals surface area contributed by atoms with E-state index in [4.69, 9.17) is 0 Å². The monoisotopic (exact) mass is 194 g/mol.